The lowest BCUT2D eigenvalue weighted by Gasteiger charge is -2.35. The summed E-state index contributed by atoms with van der Waals surface area (Å²) in [5, 5.41) is 0.858. The monoisotopic (exact) mass is 316 g/mol. The first-order valence-electron chi connectivity index (χ1n) is 6.18. The summed E-state index contributed by atoms with van der Waals surface area (Å²) in [6, 6.07) is 4.95. The minimum Gasteiger partial charge on any atom is -0.490 e. The van der Waals surface area contributed by atoms with E-state index in [1.54, 1.807) is 12.1 Å². The van der Waals surface area contributed by atoms with Crippen LogP contribution in [-0.2, 0) is 4.74 Å². The van der Waals surface area contributed by atoms with E-state index in [-0.39, 0.29) is 11.2 Å². The Balaban J connectivity index is 2.03. The Hall–Kier alpha value is -0.610. The number of aryl methyl sites for hydroxylation is 1. The van der Waals surface area contributed by atoms with Gasteiger partial charge in [-0.1, -0.05) is 22.0 Å². The molecule has 1 fully saturated rings. The van der Waals surface area contributed by atoms with E-state index < -0.39 is 0 Å². The molecule has 0 aromatic heterocycles. The Morgan fingerprint density at radius 2 is 2.11 bits per heavy atom. The maximum absolute atomic E-state index is 13.6. The molecule has 0 radical (unpaired) electrons. The second kappa shape index (κ2) is 6.02. The SMILES string of the molecule is Cc1ccc(F)c(OCC2(CBr)CCOCC2)c1. The maximum Gasteiger partial charge on any atom is 0.165 e. The van der Waals surface area contributed by atoms with Crippen molar-refractivity contribution >= 4 is 15.9 Å². The molecule has 0 saturated carbocycles. The fraction of sp³-hybridized carbons (Fsp3) is 0.571. The first kappa shape index (κ1) is 13.8. The van der Waals surface area contributed by atoms with Gasteiger partial charge in [0.05, 0.1) is 6.61 Å². The van der Waals surface area contributed by atoms with Crippen molar-refractivity contribution in [3.63, 3.8) is 0 Å². The second-order valence-corrected chi connectivity index (χ2v) is 5.53. The highest BCUT2D eigenvalue weighted by atomic mass is 79.9. The van der Waals surface area contributed by atoms with E-state index in [4.69, 9.17) is 9.47 Å². The number of hydrogen-bond donors (Lipinski definition) is 0. The topological polar surface area (TPSA) is 18.5 Å². The molecule has 0 bridgehead atoms. The highest BCUT2D eigenvalue weighted by Crippen LogP contribution is 2.33. The Kier molecular flexibility index (Phi) is 4.62. The van der Waals surface area contributed by atoms with Crippen LogP contribution in [0.3, 0.4) is 0 Å². The molecule has 1 aliphatic rings. The van der Waals surface area contributed by atoms with Crippen molar-refractivity contribution in [2.45, 2.75) is 19.8 Å². The molecule has 100 valence electrons. The molecule has 18 heavy (non-hydrogen) atoms. The third-order valence-corrected chi connectivity index (χ3v) is 4.65. The molecule has 0 N–H and O–H groups in total. The van der Waals surface area contributed by atoms with Gasteiger partial charge < -0.3 is 9.47 Å². The summed E-state index contributed by atoms with van der Waals surface area (Å²) in [5.41, 5.74) is 1.07. The molecule has 1 heterocycles. The first-order chi connectivity index (χ1) is 8.65. The number of hydrogen-bond acceptors (Lipinski definition) is 2. The summed E-state index contributed by atoms with van der Waals surface area (Å²) in [4.78, 5) is 0. The van der Waals surface area contributed by atoms with Crippen molar-refractivity contribution in [2.24, 2.45) is 5.41 Å². The quantitative estimate of drug-likeness (QED) is 0.788. The van der Waals surface area contributed by atoms with Crippen LogP contribution in [0, 0.1) is 18.2 Å². The predicted octanol–water partition coefficient (Wildman–Crippen LogP) is 3.70. The van der Waals surface area contributed by atoms with Crippen LogP contribution < -0.4 is 4.74 Å². The van der Waals surface area contributed by atoms with Crippen LogP contribution in [0.2, 0.25) is 0 Å². The lowest BCUT2D eigenvalue weighted by molar-refractivity contribution is 0.00289. The summed E-state index contributed by atoms with van der Waals surface area (Å²) in [5.74, 6) is 0.0548. The average Bonchev–Trinajstić information content (AvgIpc) is 2.41. The normalized spacial score (nSPS) is 18.6. The van der Waals surface area contributed by atoms with Gasteiger partial charge in [0, 0.05) is 24.0 Å². The van der Waals surface area contributed by atoms with Crippen LogP contribution in [0.5, 0.6) is 5.75 Å². The number of benzene rings is 1. The lowest BCUT2D eigenvalue weighted by Crippen LogP contribution is -2.36. The van der Waals surface area contributed by atoms with Gasteiger partial charge >= 0.3 is 0 Å². The van der Waals surface area contributed by atoms with Crippen LogP contribution in [0.25, 0.3) is 0 Å². The minimum absolute atomic E-state index is 0.0639. The number of alkyl halides is 1. The summed E-state index contributed by atoms with van der Waals surface area (Å²) >= 11 is 3.55. The highest BCUT2D eigenvalue weighted by molar-refractivity contribution is 9.09. The number of ether oxygens (including phenoxy) is 2. The molecule has 2 nitrogen and oxygen atoms in total. The van der Waals surface area contributed by atoms with Gasteiger partial charge in [-0.15, -0.1) is 0 Å². The summed E-state index contributed by atoms with van der Waals surface area (Å²) in [7, 11) is 0. The largest absolute Gasteiger partial charge is 0.490 e. The zero-order valence-electron chi connectivity index (χ0n) is 10.5. The van der Waals surface area contributed by atoms with Crippen molar-refractivity contribution in [1.82, 2.24) is 0 Å². The van der Waals surface area contributed by atoms with Crippen molar-refractivity contribution in [3.8, 4) is 5.75 Å². The van der Waals surface area contributed by atoms with Crippen molar-refractivity contribution in [2.75, 3.05) is 25.2 Å². The first-order valence-corrected chi connectivity index (χ1v) is 7.30. The molecular formula is C14H18BrFO2. The van der Waals surface area contributed by atoms with E-state index in [0.717, 1.165) is 36.9 Å². The Labute approximate surface area is 116 Å². The van der Waals surface area contributed by atoms with Crippen LogP contribution in [0.15, 0.2) is 18.2 Å². The minimum atomic E-state index is -0.294. The maximum atomic E-state index is 13.6. The highest BCUT2D eigenvalue weighted by Gasteiger charge is 2.32. The van der Waals surface area contributed by atoms with Gasteiger partial charge in [-0.3, -0.25) is 0 Å². The van der Waals surface area contributed by atoms with Gasteiger partial charge in [0.1, 0.15) is 0 Å². The van der Waals surface area contributed by atoms with Gasteiger partial charge in [-0.05, 0) is 37.5 Å². The fourth-order valence-electron chi connectivity index (χ4n) is 2.07. The molecule has 1 aromatic carbocycles. The van der Waals surface area contributed by atoms with Gasteiger partial charge in [-0.25, -0.2) is 4.39 Å². The van der Waals surface area contributed by atoms with Crippen molar-refractivity contribution in [3.05, 3.63) is 29.6 Å². The Bertz CT molecular complexity index is 403. The molecule has 0 spiro atoms. The molecular weight excluding hydrogens is 299 g/mol. The zero-order chi connectivity index (χ0) is 13.0. The third kappa shape index (κ3) is 3.23. The van der Waals surface area contributed by atoms with Crippen LogP contribution >= 0.6 is 15.9 Å². The molecule has 1 aliphatic heterocycles. The third-order valence-electron chi connectivity index (χ3n) is 3.46. The molecule has 0 unspecified atom stereocenters. The Morgan fingerprint density at radius 3 is 2.78 bits per heavy atom. The van der Waals surface area contributed by atoms with E-state index >= 15 is 0 Å². The van der Waals surface area contributed by atoms with E-state index in [1.165, 1.54) is 6.07 Å². The predicted molar refractivity (Wildman–Crippen MR) is 72.9 cm³/mol. The van der Waals surface area contributed by atoms with E-state index in [1.807, 2.05) is 6.92 Å². The molecule has 0 amide bonds. The summed E-state index contributed by atoms with van der Waals surface area (Å²) in [6.45, 7) is 3.97. The van der Waals surface area contributed by atoms with E-state index in [2.05, 4.69) is 15.9 Å². The van der Waals surface area contributed by atoms with Crippen LogP contribution in [-0.4, -0.2) is 25.2 Å². The molecule has 0 aliphatic carbocycles. The number of halogens is 2. The van der Waals surface area contributed by atoms with Gasteiger partial charge in [0.2, 0.25) is 0 Å². The summed E-state index contributed by atoms with van der Waals surface area (Å²) in [6.07, 6.45) is 1.90. The summed E-state index contributed by atoms with van der Waals surface area (Å²) < 4.78 is 24.7. The smallest absolute Gasteiger partial charge is 0.165 e. The van der Waals surface area contributed by atoms with Crippen molar-refractivity contribution in [1.29, 1.82) is 0 Å². The molecule has 1 aromatic rings. The van der Waals surface area contributed by atoms with Gasteiger partial charge in [-0.2, -0.15) is 0 Å². The molecule has 1 saturated heterocycles. The average molecular weight is 317 g/mol. The van der Waals surface area contributed by atoms with Gasteiger partial charge in [0.25, 0.3) is 0 Å². The second-order valence-electron chi connectivity index (χ2n) is 4.97. The molecule has 0 atom stereocenters. The molecule has 4 heteroatoms. The number of rotatable bonds is 4. The zero-order valence-corrected chi connectivity index (χ0v) is 12.1. The van der Waals surface area contributed by atoms with E-state index in [0.29, 0.717) is 12.4 Å². The lowest BCUT2D eigenvalue weighted by atomic mass is 9.83. The standard InChI is InChI=1S/C14H18BrFO2/c1-11-2-3-12(16)13(8-11)18-10-14(9-15)4-6-17-7-5-14/h2-3,8H,4-7,9-10H2,1H3. The van der Waals surface area contributed by atoms with Crippen molar-refractivity contribution < 1.29 is 13.9 Å². The molecule has 2 rings (SSSR count). The van der Waals surface area contributed by atoms with Crippen LogP contribution in [0.4, 0.5) is 4.39 Å². The van der Waals surface area contributed by atoms with Crippen LogP contribution in [0.1, 0.15) is 18.4 Å². The Morgan fingerprint density at radius 1 is 1.39 bits per heavy atom. The van der Waals surface area contributed by atoms with Gasteiger partial charge in [0.15, 0.2) is 11.6 Å². The fourth-order valence-corrected chi connectivity index (χ4v) is 2.80. The van der Waals surface area contributed by atoms with E-state index in [9.17, 15) is 4.39 Å².